The van der Waals surface area contributed by atoms with Crippen LogP contribution in [0.25, 0.3) is 0 Å². The molecule has 2 N–H and O–H groups in total. The van der Waals surface area contributed by atoms with E-state index in [1.54, 1.807) is 6.92 Å². The Morgan fingerprint density at radius 2 is 1.77 bits per heavy atom. The number of rotatable bonds is 6. The summed E-state index contributed by atoms with van der Waals surface area (Å²) in [5, 5.41) is 14.0. The van der Waals surface area contributed by atoms with E-state index in [1.165, 1.54) is 0 Å². The molecule has 0 aliphatic carbocycles. The smallest absolute Gasteiger partial charge is 0.223 e. The maximum atomic E-state index is 12.0. The van der Waals surface area contributed by atoms with Gasteiger partial charge in [-0.25, -0.2) is 0 Å². The molecule has 0 aliphatic rings. The molecule has 2 aromatic rings. The van der Waals surface area contributed by atoms with Crippen molar-refractivity contribution in [2.75, 3.05) is 6.54 Å². The summed E-state index contributed by atoms with van der Waals surface area (Å²) in [6, 6.07) is 16.8. The van der Waals surface area contributed by atoms with Gasteiger partial charge in [-0.05, 0) is 30.5 Å². The molecule has 0 saturated heterocycles. The lowest BCUT2D eigenvalue weighted by molar-refractivity contribution is -0.125. The van der Waals surface area contributed by atoms with Gasteiger partial charge in [-0.1, -0.05) is 60.1 Å². The molecule has 0 heterocycles. The summed E-state index contributed by atoms with van der Waals surface area (Å²) >= 11 is 6.07. The molecule has 3 nitrogen and oxygen atoms in total. The first kappa shape index (κ1) is 16.5. The fraction of sp³-hybridized carbons (Fsp3) is 0.278. The van der Waals surface area contributed by atoms with Gasteiger partial charge in [0.1, 0.15) is 0 Å². The van der Waals surface area contributed by atoms with Crippen molar-refractivity contribution in [2.45, 2.75) is 25.4 Å². The maximum absolute atomic E-state index is 12.0. The fourth-order valence-corrected chi connectivity index (χ4v) is 2.54. The highest BCUT2D eigenvalue weighted by atomic mass is 35.5. The number of benzene rings is 2. The Labute approximate surface area is 135 Å². The molecule has 1 amide bonds. The van der Waals surface area contributed by atoms with Crippen molar-refractivity contribution in [1.82, 2.24) is 5.32 Å². The molecule has 0 spiro atoms. The quantitative estimate of drug-likeness (QED) is 0.859. The van der Waals surface area contributed by atoms with E-state index in [4.69, 9.17) is 11.6 Å². The van der Waals surface area contributed by atoms with Gasteiger partial charge in [0.05, 0.1) is 12.0 Å². The predicted molar refractivity (Wildman–Crippen MR) is 88.8 cm³/mol. The summed E-state index contributed by atoms with van der Waals surface area (Å²) in [7, 11) is 0. The average Bonchev–Trinajstić information content (AvgIpc) is 2.50. The molecule has 116 valence electrons. The minimum Gasteiger partial charge on any atom is -0.385 e. The van der Waals surface area contributed by atoms with Crippen LogP contribution >= 0.6 is 11.6 Å². The summed E-state index contributed by atoms with van der Waals surface area (Å²) in [5.74, 6) is -0.180. The standard InChI is InChI=1S/C18H20ClNO2/c1-18(22,15-8-3-2-4-9-15)13-17(21)20-12-11-14-7-5-6-10-16(14)19/h2-10,22H,11-13H2,1H3,(H,20,21). The van der Waals surface area contributed by atoms with Crippen LogP contribution < -0.4 is 5.32 Å². The Morgan fingerprint density at radius 3 is 2.45 bits per heavy atom. The van der Waals surface area contributed by atoms with Gasteiger partial charge in [0.15, 0.2) is 0 Å². The largest absolute Gasteiger partial charge is 0.385 e. The van der Waals surface area contributed by atoms with Gasteiger partial charge in [-0.3, -0.25) is 4.79 Å². The second-order valence-electron chi connectivity index (χ2n) is 5.51. The van der Waals surface area contributed by atoms with Crippen LogP contribution in [-0.2, 0) is 16.8 Å². The third-order valence-electron chi connectivity index (χ3n) is 3.57. The molecule has 0 aromatic heterocycles. The van der Waals surface area contributed by atoms with Gasteiger partial charge in [0.2, 0.25) is 5.91 Å². The van der Waals surface area contributed by atoms with Crippen molar-refractivity contribution < 1.29 is 9.90 Å². The minimum atomic E-state index is -1.17. The first-order valence-electron chi connectivity index (χ1n) is 7.27. The molecule has 2 aromatic carbocycles. The van der Waals surface area contributed by atoms with Crippen molar-refractivity contribution >= 4 is 17.5 Å². The van der Waals surface area contributed by atoms with Crippen LogP contribution in [-0.4, -0.2) is 17.6 Å². The summed E-state index contributed by atoms with van der Waals surface area (Å²) in [4.78, 5) is 12.0. The SMILES string of the molecule is CC(O)(CC(=O)NCCc1ccccc1Cl)c1ccccc1. The molecule has 1 unspecified atom stereocenters. The second kappa shape index (κ2) is 7.43. The number of amides is 1. The summed E-state index contributed by atoms with van der Waals surface area (Å²) < 4.78 is 0. The van der Waals surface area contributed by atoms with Crippen LogP contribution in [0.3, 0.4) is 0 Å². The number of hydrogen-bond donors (Lipinski definition) is 2. The highest BCUT2D eigenvalue weighted by molar-refractivity contribution is 6.31. The van der Waals surface area contributed by atoms with Crippen molar-refractivity contribution in [3.05, 3.63) is 70.7 Å². The molecule has 0 fully saturated rings. The van der Waals surface area contributed by atoms with Gasteiger partial charge >= 0.3 is 0 Å². The first-order valence-corrected chi connectivity index (χ1v) is 7.65. The first-order chi connectivity index (χ1) is 10.5. The number of halogens is 1. The Hall–Kier alpha value is -1.84. The lowest BCUT2D eigenvalue weighted by Gasteiger charge is -2.23. The molecule has 4 heteroatoms. The van der Waals surface area contributed by atoms with Crippen molar-refractivity contribution in [2.24, 2.45) is 0 Å². The molecular weight excluding hydrogens is 298 g/mol. The van der Waals surface area contributed by atoms with E-state index in [0.29, 0.717) is 18.0 Å². The third-order valence-corrected chi connectivity index (χ3v) is 3.94. The van der Waals surface area contributed by atoms with Crippen LogP contribution in [0.5, 0.6) is 0 Å². The van der Waals surface area contributed by atoms with Crippen LogP contribution in [0.15, 0.2) is 54.6 Å². The normalized spacial score (nSPS) is 13.4. The summed E-state index contributed by atoms with van der Waals surface area (Å²) in [6.07, 6.45) is 0.693. The van der Waals surface area contributed by atoms with E-state index in [0.717, 1.165) is 11.1 Å². The highest BCUT2D eigenvalue weighted by Crippen LogP contribution is 2.23. The van der Waals surface area contributed by atoms with E-state index in [2.05, 4.69) is 5.32 Å². The van der Waals surface area contributed by atoms with Crippen LogP contribution in [0.1, 0.15) is 24.5 Å². The molecule has 0 radical (unpaired) electrons. The average molecular weight is 318 g/mol. The van der Waals surface area contributed by atoms with Crippen molar-refractivity contribution in [3.8, 4) is 0 Å². The molecule has 0 aliphatic heterocycles. The Morgan fingerprint density at radius 1 is 1.14 bits per heavy atom. The number of carbonyl (C=O) groups is 1. The van der Waals surface area contributed by atoms with E-state index in [-0.39, 0.29) is 12.3 Å². The number of hydrogen-bond acceptors (Lipinski definition) is 2. The van der Waals surface area contributed by atoms with Crippen LogP contribution in [0, 0.1) is 0 Å². The van der Waals surface area contributed by atoms with Crippen LogP contribution in [0.2, 0.25) is 5.02 Å². The van der Waals surface area contributed by atoms with Gasteiger partial charge < -0.3 is 10.4 Å². The highest BCUT2D eigenvalue weighted by Gasteiger charge is 2.26. The van der Waals surface area contributed by atoms with Gasteiger partial charge in [-0.15, -0.1) is 0 Å². The number of carbonyl (C=O) groups excluding carboxylic acids is 1. The lowest BCUT2D eigenvalue weighted by atomic mass is 9.92. The summed E-state index contributed by atoms with van der Waals surface area (Å²) in [5.41, 5.74) is 0.561. The minimum absolute atomic E-state index is 0.0273. The second-order valence-corrected chi connectivity index (χ2v) is 5.92. The molecule has 0 saturated carbocycles. The number of aliphatic hydroxyl groups is 1. The van der Waals surface area contributed by atoms with Crippen molar-refractivity contribution in [1.29, 1.82) is 0 Å². The van der Waals surface area contributed by atoms with Gasteiger partial charge in [-0.2, -0.15) is 0 Å². The zero-order valence-electron chi connectivity index (χ0n) is 12.6. The van der Waals surface area contributed by atoms with E-state index < -0.39 is 5.60 Å². The van der Waals surface area contributed by atoms with E-state index in [1.807, 2.05) is 54.6 Å². The molecule has 2 rings (SSSR count). The van der Waals surface area contributed by atoms with Crippen LogP contribution in [0.4, 0.5) is 0 Å². The Bertz CT molecular complexity index is 626. The zero-order chi connectivity index (χ0) is 16.0. The van der Waals surface area contributed by atoms with Crippen molar-refractivity contribution in [3.63, 3.8) is 0 Å². The molecule has 1 atom stereocenters. The fourth-order valence-electron chi connectivity index (χ4n) is 2.31. The lowest BCUT2D eigenvalue weighted by Crippen LogP contribution is -2.33. The van der Waals surface area contributed by atoms with Gasteiger partial charge in [0, 0.05) is 11.6 Å². The number of nitrogens with one attached hydrogen (secondary N) is 1. The Balaban J connectivity index is 1.84. The monoisotopic (exact) mass is 317 g/mol. The van der Waals surface area contributed by atoms with E-state index in [9.17, 15) is 9.90 Å². The Kier molecular flexibility index (Phi) is 5.58. The maximum Gasteiger partial charge on any atom is 0.223 e. The summed E-state index contributed by atoms with van der Waals surface area (Å²) in [6.45, 7) is 2.14. The predicted octanol–water partition coefficient (Wildman–Crippen LogP) is 3.30. The molecule has 22 heavy (non-hydrogen) atoms. The van der Waals surface area contributed by atoms with Gasteiger partial charge in [0.25, 0.3) is 0 Å². The third kappa shape index (κ3) is 4.58. The van der Waals surface area contributed by atoms with E-state index >= 15 is 0 Å². The topological polar surface area (TPSA) is 49.3 Å². The zero-order valence-corrected chi connectivity index (χ0v) is 13.3. The molecule has 0 bridgehead atoms. The molecular formula is C18H20ClNO2.